The quantitative estimate of drug-likeness (QED) is 0.306. The monoisotopic (exact) mass is 562 g/mol. The molecule has 0 amide bonds. The first-order valence-electron chi connectivity index (χ1n) is 11.1. The van der Waals surface area contributed by atoms with Gasteiger partial charge in [0.2, 0.25) is 10.0 Å². The van der Waals surface area contributed by atoms with Crippen molar-refractivity contribution in [1.82, 2.24) is 9.62 Å². The number of thioether (sulfide) groups is 1. The van der Waals surface area contributed by atoms with Crippen molar-refractivity contribution in [3.63, 3.8) is 0 Å². The summed E-state index contributed by atoms with van der Waals surface area (Å²) in [5.74, 6) is -0.759. The summed E-state index contributed by atoms with van der Waals surface area (Å²) in [4.78, 5) is 24.1. The number of rotatable bonds is 7. The molecule has 1 saturated heterocycles. The first kappa shape index (κ1) is 27.1. The zero-order valence-corrected chi connectivity index (χ0v) is 22.4. The summed E-state index contributed by atoms with van der Waals surface area (Å²) >= 11 is 7.62. The molecule has 0 aliphatic carbocycles. The third kappa shape index (κ3) is 5.49. The molecule has 0 unspecified atom stereocenters. The number of aliphatic imine (C=N–C) groups is 2. The van der Waals surface area contributed by atoms with Crippen LogP contribution < -0.4 is 4.72 Å². The third-order valence-corrected chi connectivity index (χ3v) is 8.51. The summed E-state index contributed by atoms with van der Waals surface area (Å²) in [7, 11) is -0.984. The number of methoxy groups -OCH3 is 1. The van der Waals surface area contributed by atoms with Crippen LogP contribution >= 0.6 is 23.4 Å². The largest absolute Gasteiger partial charge is 0.466 e. The molecule has 1 N–H and O–H groups in total. The standard InChI is InChI=1S/C25H24ClFN4O4S2/c1-4-36-24(28-2)23-29-22(18-11-10-15(27)12-19(18)26)21(25(32)35-3)20-13-16(14-31(20)23)30-37(33,34)17-8-6-5-7-9-17/h4-12,16,22,30H,1,13-14H2,2-3H3/b28-24-/t16-,22-/m0/s1. The fraction of sp³-hybridized carbons (Fsp3) is 0.240. The highest BCUT2D eigenvalue weighted by Gasteiger charge is 2.43. The van der Waals surface area contributed by atoms with E-state index >= 15 is 0 Å². The molecule has 1 fully saturated rings. The number of nitrogens with zero attached hydrogens (tertiary/aromatic N) is 3. The van der Waals surface area contributed by atoms with Gasteiger partial charge < -0.3 is 9.64 Å². The van der Waals surface area contributed by atoms with Crippen molar-refractivity contribution in [3.8, 4) is 0 Å². The number of carbonyl (C=O) groups excluding carboxylic acids is 1. The lowest BCUT2D eigenvalue weighted by atomic mass is 9.94. The zero-order valence-electron chi connectivity index (χ0n) is 20.0. The van der Waals surface area contributed by atoms with Crippen molar-refractivity contribution in [2.75, 3.05) is 20.7 Å². The van der Waals surface area contributed by atoms with Crippen LogP contribution in [0.3, 0.4) is 0 Å². The number of hydrogen-bond donors (Lipinski definition) is 1. The smallest absolute Gasteiger partial charge is 0.338 e. The Hall–Kier alpha value is -2.99. The minimum atomic E-state index is -3.83. The second kappa shape index (κ2) is 11.2. The lowest BCUT2D eigenvalue weighted by molar-refractivity contribution is -0.136. The van der Waals surface area contributed by atoms with Crippen LogP contribution in [0.4, 0.5) is 4.39 Å². The summed E-state index contributed by atoms with van der Waals surface area (Å²) in [6.45, 7) is 3.95. The molecule has 2 heterocycles. The van der Waals surface area contributed by atoms with Gasteiger partial charge >= 0.3 is 5.97 Å². The van der Waals surface area contributed by atoms with Gasteiger partial charge in [-0.1, -0.05) is 54.2 Å². The second-order valence-corrected chi connectivity index (χ2v) is 11.2. The molecule has 0 spiro atoms. The molecule has 2 aliphatic heterocycles. The summed E-state index contributed by atoms with van der Waals surface area (Å²) in [6.07, 6.45) is 0.181. The molecule has 0 saturated carbocycles. The van der Waals surface area contributed by atoms with Crippen molar-refractivity contribution < 1.29 is 22.3 Å². The van der Waals surface area contributed by atoms with Gasteiger partial charge in [-0.05, 0) is 29.7 Å². The minimum Gasteiger partial charge on any atom is -0.466 e. The van der Waals surface area contributed by atoms with Crippen LogP contribution in [0.15, 0.2) is 86.7 Å². The Bertz CT molecular complexity index is 1430. The van der Waals surface area contributed by atoms with Gasteiger partial charge in [0.05, 0.1) is 17.6 Å². The third-order valence-electron chi connectivity index (χ3n) is 5.89. The highest BCUT2D eigenvalue weighted by molar-refractivity contribution is 8.18. The number of benzene rings is 2. The highest BCUT2D eigenvalue weighted by atomic mass is 35.5. The Balaban J connectivity index is 1.83. The zero-order chi connectivity index (χ0) is 26.7. The van der Waals surface area contributed by atoms with Gasteiger partial charge in [0.15, 0.2) is 5.84 Å². The minimum absolute atomic E-state index is 0.0919. The maximum Gasteiger partial charge on any atom is 0.338 e. The van der Waals surface area contributed by atoms with E-state index in [2.05, 4.69) is 16.3 Å². The fourth-order valence-corrected chi connectivity index (χ4v) is 6.38. The summed E-state index contributed by atoms with van der Waals surface area (Å²) in [6, 6.07) is 10.4. The molecule has 2 aromatic rings. The molecule has 8 nitrogen and oxygen atoms in total. The van der Waals surface area contributed by atoms with Gasteiger partial charge in [0.1, 0.15) is 16.9 Å². The molecule has 0 bridgehead atoms. The van der Waals surface area contributed by atoms with Crippen LogP contribution in [0.1, 0.15) is 18.0 Å². The molecule has 2 atom stereocenters. The Morgan fingerprint density at radius 2 is 2.05 bits per heavy atom. The van der Waals surface area contributed by atoms with E-state index in [1.807, 2.05) is 0 Å². The molecule has 0 radical (unpaired) electrons. The molecule has 4 rings (SSSR count). The van der Waals surface area contributed by atoms with Crippen LogP contribution in [0.2, 0.25) is 5.02 Å². The maximum absolute atomic E-state index is 13.8. The number of ether oxygens (including phenoxy) is 1. The number of fused-ring (bicyclic) bond motifs is 1. The van der Waals surface area contributed by atoms with E-state index < -0.39 is 33.9 Å². The van der Waals surface area contributed by atoms with Crippen LogP contribution in [0.25, 0.3) is 0 Å². The number of sulfonamides is 1. The predicted molar refractivity (Wildman–Crippen MR) is 144 cm³/mol. The number of carbonyl (C=O) groups is 1. The SMILES string of the molecule is C=CS/C(=N\C)C1=N[C@@H](c2ccc(F)cc2Cl)C(C(=O)OC)=C2C[C@H](NS(=O)(=O)c3ccccc3)CN12. The normalized spacial score (nSPS) is 19.9. The Morgan fingerprint density at radius 1 is 1.32 bits per heavy atom. The molecule has 0 aromatic heterocycles. The molecule has 194 valence electrons. The van der Waals surface area contributed by atoms with Crippen LogP contribution in [-0.2, 0) is 19.6 Å². The van der Waals surface area contributed by atoms with E-state index in [0.717, 1.165) is 6.07 Å². The molecular weight excluding hydrogens is 539 g/mol. The summed E-state index contributed by atoms with van der Waals surface area (Å²) in [5, 5.41) is 2.19. The van der Waals surface area contributed by atoms with Gasteiger partial charge in [0.25, 0.3) is 0 Å². The van der Waals surface area contributed by atoms with Gasteiger partial charge in [-0.25, -0.2) is 22.3 Å². The van der Waals surface area contributed by atoms with Crippen molar-refractivity contribution in [3.05, 3.63) is 88.2 Å². The molecule has 2 aromatic carbocycles. The first-order chi connectivity index (χ1) is 17.7. The van der Waals surface area contributed by atoms with E-state index in [-0.39, 0.29) is 28.5 Å². The maximum atomic E-state index is 13.8. The van der Waals surface area contributed by atoms with E-state index in [9.17, 15) is 17.6 Å². The topological polar surface area (TPSA) is 100 Å². The van der Waals surface area contributed by atoms with Gasteiger partial charge in [-0.2, -0.15) is 0 Å². The van der Waals surface area contributed by atoms with E-state index in [4.69, 9.17) is 21.3 Å². The average Bonchev–Trinajstić information content (AvgIpc) is 3.29. The lowest BCUT2D eigenvalue weighted by Crippen LogP contribution is -2.41. The van der Waals surface area contributed by atoms with Gasteiger partial charge in [-0.3, -0.25) is 9.98 Å². The lowest BCUT2D eigenvalue weighted by Gasteiger charge is -2.32. The number of hydrogen-bond acceptors (Lipinski definition) is 8. The Labute approximate surface area is 224 Å². The molecule has 12 heteroatoms. The summed E-state index contributed by atoms with van der Waals surface area (Å²) < 4.78 is 47.7. The summed E-state index contributed by atoms with van der Waals surface area (Å²) in [5.41, 5.74) is 1.12. The molecular formula is C25H24ClFN4O4S2. The van der Waals surface area contributed by atoms with Crippen molar-refractivity contribution in [2.24, 2.45) is 9.98 Å². The molecule has 2 aliphatic rings. The van der Waals surface area contributed by atoms with Crippen LogP contribution in [0.5, 0.6) is 0 Å². The number of amidine groups is 1. The highest BCUT2D eigenvalue weighted by Crippen LogP contribution is 2.42. The Kier molecular flexibility index (Phi) is 8.17. The Morgan fingerprint density at radius 3 is 2.68 bits per heavy atom. The predicted octanol–water partition coefficient (Wildman–Crippen LogP) is 4.32. The van der Waals surface area contributed by atoms with Crippen LogP contribution in [0, 0.1) is 5.82 Å². The van der Waals surface area contributed by atoms with Gasteiger partial charge in [-0.15, -0.1) is 0 Å². The van der Waals surface area contributed by atoms with Crippen molar-refractivity contribution in [1.29, 1.82) is 0 Å². The van der Waals surface area contributed by atoms with E-state index in [0.29, 0.717) is 22.1 Å². The van der Waals surface area contributed by atoms with E-state index in [1.165, 1.54) is 43.1 Å². The fourth-order valence-electron chi connectivity index (χ4n) is 4.33. The van der Waals surface area contributed by atoms with E-state index in [1.54, 1.807) is 35.6 Å². The van der Waals surface area contributed by atoms with Crippen molar-refractivity contribution >= 4 is 50.2 Å². The second-order valence-electron chi connectivity index (χ2n) is 8.13. The van der Waals surface area contributed by atoms with Crippen LogP contribution in [-0.4, -0.2) is 56.9 Å². The number of nitrogens with one attached hydrogen (secondary N) is 1. The van der Waals surface area contributed by atoms with Crippen molar-refractivity contribution in [2.45, 2.75) is 23.4 Å². The first-order valence-corrected chi connectivity index (χ1v) is 13.9. The number of halogens is 2. The molecule has 37 heavy (non-hydrogen) atoms. The average molecular weight is 563 g/mol. The number of esters is 1. The van der Waals surface area contributed by atoms with Gasteiger partial charge in [0, 0.05) is 42.3 Å².